The summed E-state index contributed by atoms with van der Waals surface area (Å²) in [5, 5.41) is 0.419. The molecule has 0 atom stereocenters. The lowest BCUT2D eigenvalue weighted by molar-refractivity contribution is 0.146. The minimum atomic E-state index is -2.94. The van der Waals surface area contributed by atoms with Crippen molar-refractivity contribution in [1.82, 2.24) is 14.5 Å². The zero-order chi connectivity index (χ0) is 18.0. The van der Waals surface area contributed by atoms with E-state index in [4.69, 9.17) is 9.47 Å². The van der Waals surface area contributed by atoms with E-state index in [0.717, 1.165) is 6.07 Å². The van der Waals surface area contributed by atoms with Gasteiger partial charge >= 0.3 is 0 Å². The molecule has 0 radical (unpaired) electrons. The average molecular weight is 355 g/mol. The van der Waals surface area contributed by atoms with Gasteiger partial charge < -0.3 is 9.47 Å². The summed E-state index contributed by atoms with van der Waals surface area (Å²) in [6, 6.07) is 3.99. The van der Waals surface area contributed by atoms with Gasteiger partial charge in [0.05, 0.1) is 24.4 Å². The maximum Gasteiger partial charge on any atom is 0.266 e. The van der Waals surface area contributed by atoms with Crippen molar-refractivity contribution in [3.05, 3.63) is 42.0 Å². The van der Waals surface area contributed by atoms with Gasteiger partial charge in [0.2, 0.25) is 5.95 Å². The molecule has 0 aliphatic rings. The summed E-state index contributed by atoms with van der Waals surface area (Å²) in [4.78, 5) is 8.10. The van der Waals surface area contributed by atoms with E-state index in [0.29, 0.717) is 5.39 Å². The second-order valence-electron chi connectivity index (χ2n) is 4.97. The smallest absolute Gasteiger partial charge is 0.266 e. The number of nitrogens with zero attached hydrogens (tertiary/aromatic N) is 3. The Labute approximate surface area is 139 Å². The zero-order valence-electron chi connectivity index (χ0n) is 13.0. The molecule has 0 aliphatic heterocycles. The van der Waals surface area contributed by atoms with E-state index in [2.05, 4.69) is 9.97 Å². The Morgan fingerprint density at radius 1 is 1.24 bits per heavy atom. The molecule has 0 bridgehead atoms. The van der Waals surface area contributed by atoms with Gasteiger partial charge in [-0.3, -0.25) is 4.57 Å². The number of methoxy groups -OCH3 is 1. The molecule has 2 aromatic heterocycles. The number of hydrogen-bond acceptors (Lipinski definition) is 4. The van der Waals surface area contributed by atoms with Gasteiger partial charge in [-0.05, 0) is 12.1 Å². The van der Waals surface area contributed by atoms with Crippen molar-refractivity contribution in [1.29, 1.82) is 0 Å². The molecule has 9 heteroatoms. The molecule has 0 N–H and O–H groups in total. The standard InChI is InChI=1S/C16H13F4N3O2/c1-24-15-11(25-7-5-17)8-21-16(22-15)23-6-4-9-2-3-10(14(19)20)12(18)13(9)23/h2-4,6,8,14H,5,7H2,1H3. The molecule has 0 spiro atoms. The predicted octanol–water partition coefficient (Wildman–Crippen LogP) is 3.85. The van der Waals surface area contributed by atoms with E-state index in [1.807, 2.05) is 0 Å². The fraction of sp³-hybridized carbons (Fsp3) is 0.250. The van der Waals surface area contributed by atoms with Gasteiger partial charge in [-0.15, -0.1) is 0 Å². The SMILES string of the molecule is COc1nc(-n2ccc3ccc(C(F)F)c(F)c32)ncc1OCCF. The topological polar surface area (TPSA) is 49.2 Å². The van der Waals surface area contributed by atoms with Gasteiger partial charge in [0, 0.05) is 11.6 Å². The summed E-state index contributed by atoms with van der Waals surface area (Å²) in [6.45, 7) is -0.896. The molecule has 3 aromatic rings. The third kappa shape index (κ3) is 3.09. The third-order valence-electron chi connectivity index (χ3n) is 3.51. The van der Waals surface area contributed by atoms with Crippen LogP contribution in [0.4, 0.5) is 17.6 Å². The molecule has 0 unspecified atom stereocenters. The highest BCUT2D eigenvalue weighted by molar-refractivity contribution is 5.83. The van der Waals surface area contributed by atoms with Crippen LogP contribution in [0.1, 0.15) is 12.0 Å². The van der Waals surface area contributed by atoms with Crippen molar-refractivity contribution in [2.24, 2.45) is 0 Å². The highest BCUT2D eigenvalue weighted by Gasteiger charge is 2.20. The number of benzene rings is 1. The first-order valence-corrected chi connectivity index (χ1v) is 7.24. The Morgan fingerprint density at radius 3 is 2.72 bits per heavy atom. The molecule has 0 saturated heterocycles. The number of hydrogen-bond donors (Lipinski definition) is 0. The molecule has 0 fully saturated rings. The van der Waals surface area contributed by atoms with Crippen LogP contribution < -0.4 is 9.47 Å². The van der Waals surface area contributed by atoms with Crippen LogP contribution in [-0.2, 0) is 0 Å². The highest BCUT2D eigenvalue weighted by atomic mass is 19.3. The Kier molecular flexibility index (Phi) is 4.73. The van der Waals surface area contributed by atoms with Gasteiger partial charge in [0.25, 0.3) is 12.3 Å². The molecule has 0 saturated carbocycles. The first-order valence-electron chi connectivity index (χ1n) is 7.24. The van der Waals surface area contributed by atoms with E-state index >= 15 is 0 Å². The Morgan fingerprint density at radius 2 is 2.04 bits per heavy atom. The van der Waals surface area contributed by atoms with E-state index in [-0.39, 0.29) is 29.7 Å². The Bertz CT molecular complexity index is 898. The van der Waals surface area contributed by atoms with Crippen LogP contribution in [0, 0.1) is 5.82 Å². The largest absolute Gasteiger partial charge is 0.484 e. The average Bonchev–Trinajstić information content (AvgIpc) is 3.04. The van der Waals surface area contributed by atoms with Crippen LogP contribution in [0.25, 0.3) is 16.9 Å². The summed E-state index contributed by atoms with van der Waals surface area (Å²) in [5.74, 6) is -0.901. The van der Waals surface area contributed by atoms with E-state index in [1.165, 1.54) is 30.1 Å². The minimum absolute atomic E-state index is 0.00441. The maximum atomic E-state index is 14.5. The van der Waals surface area contributed by atoms with Crippen LogP contribution in [0.15, 0.2) is 30.6 Å². The second-order valence-corrected chi connectivity index (χ2v) is 4.97. The van der Waals surface area contributed by atoms with Crippen molar-refractivity contribution in [2.45, 2.75) is 6.43 Å². The number of fused-ring (bicyclic) bond motifs is 1. The van der Waals surface area contributed by atoms with Gasteiger partial charge in [-0.2, -0.15) is 4.98 Å². The molecule has 3 rings (SSSR count). The monoisotopic (exact) mass is 355 g/mol. The number of halogens is 4. The minimum Gasteiger partial charge on any atom is -0.484 e. The normalized spacial score (nSPS) is 11.3. The van der Waals surface area contributed by atoms with Crippen molar-refractivity contribution in [3.63, 3.8) is 0 Å². The molecule has 0 aliphatic carbocycles. The molecule has 0 amide bonds. The predicted molar refractivity (Wildman–Crippen MR) is 81.8 cm³/mol. The first-order chi connectivity index (χ1) is 12.1. The van der Waals surface area contributed by atoms with Crippen molar-refractivity contribution >= 4 is 10.9 Å². The molecular weight excluding hydrogens is 342 g/mol. The number of aromatic nitrogens is 3. The van der Waals surface area contributed by atoms with E-state index < -0.39 is 24.5 Å². The highest BCUT2D eigenvalue weighted by Crippen LogP contribution is 2.31. The van der Waals surface area contributed by atoms with Crippen LogP contribution in [-0.4, -0.2) is 34.9 Å². The van der Waals surface area contributed by atoms with Crippen molar-refractivity contribution in [2.75, 3.05) is 20.4 Å². The fourth-order valence-corrected chi connectivity index (χ4v) is 2.40. The molecule has 132 valence electrons. The lowest BCUT2D eigenvalue weighted by Crippen LogP contribution is -2.07. The summed E-state index contributed by atoms with van der Waals surface area (Å²) >= 11 is 0. The van der Waals surface area contributed by atoms with Crippen LogP contribution in [0.2, 0.25) is 0 Å². The summed E-state index contributed by atoms with van der Waals surface area (Å²) in [5.41, 5.74) is -0.778. The van der Waals surface area contributed by atoms with Gasteiger partial charge in [-0.25, -0.2) is 22.5 Å². The molecule has 5 nitrogen and oxygen atoms in total. The van der Waals surface area contributed by atoms with Crippen LogP contribution >= 0.6 is 0 Å². The zero-order valence-corrected chi connectivity index (χ0v) is 13.0. The molecule has 25 heavy (non-hydrogen) atoms. The number of rotatable bonds is 6. The van der Waals surface area contributed by atoms with E-state index in [9.17, 15) is 17.6 Å². The van der Waals surface area contributed by atoms with E-state index in [1.54, 1.807) is 6.07 Å². The molecular formula is C16H13F4N3O2. The van der Waals surface area contributed by atoms with Gasteiger partial charge in [0.15, 0.2) is 11.6 Å². The number of alkyl halides is 3. The quantitative estimate of drug-likeness (QED) is 0.630. The maximum absolute atomic E-state index is 14.5. The lowest BCUT2D eigenvalue weighted by atomic mass is 10.1. The Balaban J connectivity index is 2.11. The second kappa shape index (κ2) is 6.96. The molecule has 2 heterocycles. The summed E-state index contributed by atoms with van der Waals surface area (Å²) in [6.07, 6.45) is -0.239. The Hall–Kier alpha value is -2.84. The number of ether oxygens (including phenoxy) is 2. The van der Waals surface area contributed by atoms with Crippen molar-refractivity contribution < 1.29 is 27.0 Å². The third-order valence-corrected chi connectivity index (χ3v) is 3.51. The van der Waals surface area contributed by atoms with Gasteiger partial charge in [-0.1, -0.05) is 6.07 Å². The lowest BCUT2D eigenvalue weighted by Gasteiger charge is -2.11. The fourth-order valence-electron chi connectivity index (χ4n) is 2.40. The van der Waals surface area contributed by atoms with Gasteiger partial charge in [0.1, 0.15) is 13.3 Å². The summed E-state index contributed by atoms with van der Waals surface area (Å²) < 4.78 is 64.0. The molecule has 1 aromatic carbocycles. The van der Waals surface area contributed by atoms with Crippen molar-refractivity contribution in [3.8, 4) is 17.6 Å². The van der Waals surface area contributed by atoms with Crippen LogP contribution in [0.5, 0.6) is 11.6 Å². The summed E-state index contributed by atoms with van der Waals surface area (Å²) in [7, 11) is 1.33. The van der Waals surface area contributed by atoms with Crippen LogP contribution in [0.3, 0.4) is 0 Å². The first kappa shape index (κ1) is 17.0.